The summed E-state index contributed by atoms with van der Waals surface area (Å²) < 4.78 is 11.0. The molecular weight excluding hydrogens is 392 g/mol. The van der Waals surface area contributed by atoms with Gasteiger partial charge in [0.2, 0.25) is 0 Å². The molecule has 0 fully saturated rings. The Labute approximate surface area is 184 Å². The van der Waals surface area contributed by atoms with Crippen molar-refractivity contribution in [2.45, 2.75) is 45.8 Å². The van der Waals surface area contributed by atoms with Crippen LogP contribution in [-0.2, 0) is 11.2 Å². The van der Waals surface area contributed by atoms with Crippen LogP contribution in [0, 0.1) is 11.3 Å². The van der Waals surface area contributed by atoms with Gasteiger partial charge in [0.15, 0.2) is 0 Å². The fourth-order valence-corrected chi connectivity index (χ4v) is 3.13. The molecule has 0 heterocycles. The molecule has 6 heteroatoms. The number of nitrogens with zero attached hydrogens (tertiary/aromatic N) is 1. The van der Waals surface area contributed by atoms with E-state index in [0.717, 1.165) is 11.1 Å². The molecule has 0 aliphatic rings. The maximum absolute atomic E-state index is 12.8. The van der Waals surface area contributed by atoms with E-state index in [1.807, 2.05) is 45.0 Å². The summed E-state index contributed by atoms with van der Waals surface area (Å²) in [7, 11) is 0. The lowest BCUT2D eigenvalue weighted by Gasteiger charge is -2.19. The Morgan fingerprint density at radius 3 is 2.45 bits per heavy atom. The van der Waals surface area contributed by atoms with Crippen molar-refractivity contribution in [3.63, 3.8) is 0 Å². The van der Waals surface area contributed by atoms with E-state index in [9.17, 15) is 15.2 Å². The third-order valence-electron chi connectivity index (χ3n) is 4.61. The summed E-state index contributed by atoms with van der Waals surface area (Å²) in [6.45, 7) is 10.1. The summed E-state index contributed by atoms with van der Waals surface area (Å²) in [5.74, 6) is 0.773. The van der Waals surface area contributed by atoms with Crippen molar-refractivity contribution in [1.82, 2.24) is 5.32 Å². The molecule has 0 bridgehead atoms. The van der Waals surface area contributed by atoms with Crippen LogP contribution in [0.2, 0.25) is 0 Å². The summed E-state index contributed by atoms with van der Waals surface area (Å²) in [6.07, 6.45) is 0.907. The largest absolute Gasteiger partial charge is 0.494 e. The van der Waals surface area contributed by atoms with Gasteiger partial charge in [-0.05, 0) is 57.4 Å². The zero-order chi connectivity index (χ0) is 22.8. The topological polar surface area (TPSA) is 91.6 Å². The summed E-state index contributed by atoms with van der Waals surface area (Å²) in [5, 5.41) is 21.8. The minimum Gasteiger partial charge on any atom is -0.494 e. The lowest BCUT2D eigenvalue weighted by Crippen LogP contribution is -2.37. The molecule has 2 rings (SSSR count). The molecule has 0 spiro atoms. The van der Waals surface area contributed by atoms with E-state index in [-0.39, 0.29) is 24.7 Å². The summed E-state index contributed by atoms with van der Waals surface area (Å²) >= 11 is 0. The Kier molecular flexibility index (Phi) is 9.11. The molecule has 1 amide bonds. The Morgan fingerprint density at radius 1 is 1.19 bits per heavy atom. The molecule has 0 aliphatic heterocycles. The fraction of sp³-hybridized carbons (Fsp3) is 0.360. The lowest BCUT2D eigenvalue weighted by atomic mass is 10.0. The molecule has 1 atom stereocenters. The first kappa shape index (κ1) is 24.0. The highest BCUT2D eigenvalue weighted by Crippen LogP contribution is 2.21. The van der Waals surface area contributed by atoms with E-state index in [1.165, 1.54) is 6.07 Å². The van der Waals surface area contributed by atoms with Crippen molar-refractivity contribution in [1.29, 1.82) is 5.26 Å². The number of hydrogen-bond donors (Lipinski definition) is 2. The van der Waals surface area contributed by atoms with Crippen molar-refractivity contribution >= 4 is 11.7 Å². The van der Waals surface area contributed by atoms with Gasteiger partial charge in [-0.25, -0.2) is 0 Å². The van der Waals surface area contributed by atoms with E-state index < -0.39 is 0 Å². The predicted molar refractivity (Wildman–Crippen MR) is 121 cm³/mol. The number of amides is 1. The first-order valence-electron chi connectivity index (χ1n) is 10.4. The van der Waals surface area contributed by atoms with Crippen molar-refractivity contribution in [3.05, 3.63) is 71.3 Å². The van der Waals surface area contributed by atoms with E-state index in [4.69, 9.17) is 9.47 Å². The number of carbonyl (C=O) groups excluding carboxylic acids is 1. The van der Waals surface area contributed by atoms with Crippen LogP contribution < -0.4 is 10.1 Å². The molecule has 164 valence electrons. The lowest BCUT2D eigenvalue weighted by molar-refractivity contribution is 0.0930. The molecule has 2 N–H and O–H groups in total. The molecule has 2 aromatic carbocycles. The van der Waals surface area contributed by atoms with E-state index in [2.05, 4.69) is 18.0 Å². The van der Waals surface area contributed by atoms with E-state index >= 15 is 0 Å². The van der Waals surface area contributed by atoms with Gasteiger partial charge in [0, 0.05) is 23.8 Å². The molecule has 31 heavy (non-hydrogen) atoms. The Hall–Kier alpha value is -3.30. The first-order valence-corrected chi connectivity index (χ1v) is 10.4. The molecule has 2 aromatic rings. The predicted octanol–water partition coefficient (Wildman–Crippen LogP) is 4.08. The van der Waals surface area contributed by atoms with Crippen molar-refractivity contribution in [2.24, 2.45) is 0 Å². The number of rotatable bonds is 11. The summed E-state index contributed by atoms with van der Waals surface area (Å²) in [5.41, 5.74) is 2.61. The van der Waals surface area contributed by atoms with Gasteiger partial charge in [0.1, 0.15) is 17.6 Å². The van der Waals surface area contributed by atoms with Gasteiger partial charge >= 0.3 is 0 Å². The van der Waals surface area contributed by atoms with E-state index in [0.29, 0.717) is 42.1 Å². The van der Waals surface area contributed by atoms with Crippen LogP contribution in [0.3, 0.4) is 0 Å². The Balaban J connectivity index is 2.10. The maximum Gasteiger partial charge on any atom is 0.251 e. The van der Waals surface area contributed by atoms with Crippen LogP contribution in [0.1, 0.15) is 54.2 Å². The number of hydrogen-bond acceptors (Lipinski definition) is 5. The number of aliphatic hydroxyl groups excluding tert-OH is 1. The number of benzene rings is 2. The van der Waals surface area contributed by atoms with Gasteiger partial charge in [-0.1, -0.05) is 30.8 Å². The van der Waals surface area contributed by atoms with Crippen LogP contribution in [-0.4, -0.2) is 36.4 Å². The summed E-state index contributed by atoms with van der Waals surface area (Å²) in [4.78, 5) is 12.8. The van der Waals surface area contributed by atoms with Gasteiger partial charge in [-0.2, -0.15) is 5.26 Å². The monoisotopic (exact) mass is 422 g/mol. The smallest absolute Gasteiger partial charge is 0.251 e. The average Bonchev–Trinajstić information content (AvgIpc) is 2.74. The molecule has 0 unspecified atom stereocenters. The van der Waals surface area contributed by atoms with Crippen molar-refractivity contribution in [2.75, 3.05) is 13.2 Å². The Morgan fingerprint density at radius 2 is 1.87 bits per heavy atom. The standard InChI is InChI=1S/C25H30N2O4/c1-5-30-18(4)20-8-6-19(7-9-20)14-23(12-13-28)27-25(29)21-10-11-24(31-17(2)3)22(15-21)16-26/h6-11,15,17,23,28H,4-5,12-14H2,1-3H3,(H,27,29)/t23-/m1/s1. The SMILES string of the molecule is C=C(OCC)c1ccc(C[C@@H](CCO)NC(=O)c2ccc(OC(C)C)c(C#N)c2)cc1. The molecule has 0 aliphatic carbocycles. The first-order chi connectivity index (χ1) is 14.9. The minimum atomic E-state index is -0.299. The molecule has 6 nitrogen and oxygen atoms in total. The zero-order valence-corrected chi connectivity index (χ0v) is 18.4. The second-order valence-corrected chi connectivity index (χ2v) is 7.43. The van der Waals surface area contributed by atoms with Crippen LogP contribution in [0.5, 0.6) is 5.75 Å². The van der Waals surface area contributed by atoms with Gasteiger partial charge in [-0.3, -0.25) is 4.79 Å². The highest BCUT2D eigenvalue weighted by Gasteiger charge is 2.16. The second-order valence-electron chi connectivity index (χ2n) is 7.43. The number of nitriles is 1. The van der Waals surface area contributed by atoms with Gasteiger partial charge in [0.25, 0.3) is 5.91 Å². The third kappa shape index (κ3) is 7.16. The zero-order valence-electron chi connectivity index (χ0n) is 18.4. The minimum absolute atomic E-state index is 0.0468. The second kappa shape index (κ2) is 11.8. The van der Waals surface area contributed by atoms with Crippen LogP contribution in [0.15, 0.2) is 49.0 Å². The van der Waals surface area contributed by atoms with Gasteiger partial charge < -0.3 is 19.9 Å². The number of aliphatic hydroxyl groups is 1. The molecule has 0 aromatic heterocycles. The molecule has 0 radical (unpaired) electrons. The van der Waals surface area contributed by atoms with Crippen LogP contribution >= 0.6 is 0 Å². The van der Waals surface area contributed by atoms with Crippen LogP contribution in [0.4, 0.5) is 0 Å². The highest BCUT2D eigenvalue weighted by atomic mass is 16.5. The number of ether oxygens (including phenoxy) is 2. The maximum atomic E-state index is 12.8. The highest BCUT2D eigenvalue weighted by molar-refractivity contribution is 5.95. The van der Waals surface area contributed by atoms with Gasteiger partial charge in [0.05, 0.1) is 18.3 Å². The van der Waals surface area contributed by atoms with Gasteiger partial charge in [-0.15, -0.1) is 0 Å². The fourth-order valence-electron chi connectivity index (χ4n) is 3.13. The quantitative estimate of drug-likeness (QED) is 0.533. The number of nitrogens with one attached hydrogen (secondary N) is 1. The van der Waals surface area contributed by atoms with Crippen molar-refractivity contribution in [3.8, 4) is 11.8 Å². The number of carbonyl (C=O) groups is 1. The normalized spacial score (nSPS) is 11.5. The van der Waals surface area contributed by atoms with Crippen LogP contribution in [0.25, 0.3) is 5.76 Å². The molecule has 0 saturated carbocycles. The summed E-state index contributed by atoms with van der Waals surface area (Å²) in [6, 6.07) is 14.4. The molecule has 0 saturated heterocycles. The van der Waals surface area contributed by atoms with Crippen molar-refractivity contribution < 1.29 is 19.4 Å². The average molecular weight is 423 g/mol. The van der Waals surface area contributed by atoms with E-state index in [1.54, 1.807) is 12.1 Å². The molecular formula is C25H30N2O4. The Bertz CT molecular complexity index is 930. The third-order valence-corrected chi connectivity index (χ3v) is 4.61.